The summed E-state index contributed by atoms with van der Waals surface area (Å²) in [5, 5.41) is 12.3. The van der Waals surface area contributed by atoms with Crippen LogP contribution < -0.4 is 5.32 Å². The molecule has 1 heterocycles. The average molecular weight is 186 g/mol. The SMILES string of the molecule is Cc1ccc(C#N)cc1[C@H]1CCCN1. The summed E-state index contributed by atoms with van der Waals surface area (Å²) in [7, 11) is 0. The molecule has 2 heteroatoms. The first-order chi connectivity index (χ1) is 6.81. The fraction of sp³-hybridized carbons (Fsp3) is 0.417. The van der Waals surface area contributed by atoms with Crippen molar-refractivity contribution in [2.75, 3.05) is 6.54 Å². The average Bonchev–Trinajstić information content (AvgIpc) is 2.71. The Balaban J connectivity index is 2.35. The molecule has 0 radical (unpaired) electrons. The Bertz CT molecular complexity index is 370. The highest BCUT2D eigenvalue weighted by Crippen LogP contribution is 2.26. The topological polar surface area (TPSA) is 35.8 Å². The van der Waals surface area contributed by atoms with Gasteiger partial charge in [-0.15, -0.1) is 0 Å². The molecular formula is C12H14N2. The highest BCUT2D eigenvalue weighted by Gasteiger charge is 2.17. The predicted octanol–water partition coefficient (Wildman–Crippen LogP) is 2.29. The van der Waals surface area contributed by atoms with Crippen molar-refractivity contribution in [3.63, 3.8) is 0 Å². The van der Waals surface area contributed by atoms with Gasteiger partial charge in [0, 0.05) is 6.04 Å². The number of rotatable bonds is 1. The summed E-state index contributed by atoms with van der Waals surface area (Å²) in [6.45, 7) is 3.21. The van der Waals surface area contributed by atoms with Crippen molar-refractivity contribution in [1.82, 2.24) is 5.32 Å². The highest BCUT2D eigenvalue weighted by molar-refractivity contribution is 5.39. The molecule has 1 aliphatic rings. The van der Waals surface area contributed by atoms with E-state index in [2.05, 4.69) is 18.3 Å². The molecule has 1 aromatic carbocycles. The van der Waals surface area contributed by atoms with Crippen molar-refractivity contribution < 1.29 is 0 Å². The second kappa shape index (κ2) is 3.81. The molecule has 0 bridgehead atoms. The second-order valence-corrected chi connectivity index (χ2v) is 3.83. The maximum Gasteiger partial charge on any atom is 0.0991 e. The van der Waals surface area contributed by atoms with Crippen LogP contribution in [-0.4, -0.2) is 6.54 Å². The molecule has 72 valence electrons. The van der Waals surface area contributed by atoms with Gasteiger partial charge in [0.05, 0.1) is 11.6 Å². The fourth-order valence-electron chi connectivity index (χ4n) is 2.04. The Labute approximate surface area is 84.6 Å². The molecule has 0 saturated carbocycles. The first kappa shape index (κ1) is 9.23. The van der Waals surface area contributed by atoms with Gasteiger partial charge in [-0.1, -0.05) is 6.07 Å². The lowest BCUT2D eigenvalue weighted by Crippen LogP contribution is -2.14. The third-order valence-corrected chi connectivity index (χ3v) is 2.84. The van der Waals surface area contributed by atoms with Crippen LogP contribution in [0.25, 0.3) is 0 Å². The van der Waals surface area contributed by atoms with Gasteiger partial charge in [0.1, 0.15) is 0 Å². The molecule has 1 N–H and O–H groups in total. The summed E-state index contributed by atoms with van der Waals surface area (Å²) >= 11 is 0. The van der Waals surface area contributed by atoms with E-state index in [0.717, 1.165) is 12.1 Å². The number of nitriles is 1. The van der Waals surface area contributed by atoms with E-state index in [1.807, 2.05) is 18.2 Å². The van der Waals surface area contributed by atoms with Crippen LogP contribution in [0.4, 0.5) is 0 Å². The molecule has 14 heavy (non-hydrogen) atoms. The van der Waals surface area contributed by atoms with Crippen molar-refractivity contribution in [2.24, 2.45) is 0 Å². The summed E-state index contributed by atoms with van der Waals surface area (Å²) in [6, 6.07) is 8.58. The number of nitrogens with one attached hydrogen (secondary N) is 1. The predicted molar refractivity (Wildman–Crippen MR) is 55.9 cm³/mol. The van der Waals surface area contributed by atoms with Crippen molar-refractivity contribution >= 4 is 0 Å². The van der Waals surface area contributed by atoms with E-state index in [-0.39, 0.29) is 0 Å². The monoisotopic (exact) mass is 186 g/mol. The summed E-state index contributed by atoms with van der Waals surface area (Å²) in [6.07, 6.45) is 2.43. The largest absolute Gasteiger partial charge is 0.310 e. The molecule has 1 atom stereocenters. The van der Waals surface area contributed by atoms with E-state index in [1.165, 1.54) is 24.0 Å². The first-order valence-corrected chi connectivity index (χ1v) is 5.05. The van der Waals surface area contributed by atoms with Crippen LogP contribution in [0.1, 0.15) is 35.6 Å². The minimum Gasteiger partial charge on any atom is -0.310 e. The van der Waals surface area contributed by atoms with Gasteiger partial charge in [0.2, 0.25) is 0 Å². The molecule has 0 spiro atoms. The van der Waals surface area contributed by atoms with E-state index in [9.17, 15) is 0 Å². The third-order valence-electron chi connectivity index (χ3n) is 2.84. The normalized spacial score (nSPS) is 20.7. The van der Waals surface area contributed by atoms with Crippen molar-refractivity contribution in [2.45, 2.75) is 25.8 Å². The fourth-order valence-corrected chi connectivity index (χ4v) is 2.04. The third kappa shape index (κ3) is 1.64. The molecule has 1 aliphatic heterocycles. The van der Waals surface area contributed by atoms with Gasteiger partial charge in [-0.25, -0.2) is 0 Å². The second-order valence-electron chi connectivity index (χ2n) is 3.83. The Morgan fingerprint density at radius 2 is 2.36 bits per heavy atom. The number of nitrogens with zero attached hydrogens (tertiary/aromatic N) is 1. The zero-order chi connectivity index (χ0) is 9.97. The van der Waals surface area contributed by atoms with E-state index in [4.69, 9.17) is 5.26 Å². The van der Waals surface area contributed by atoms with Gasteiger partial charge in [-0.05, 0) is 49.6 Å². The van der Waals surface area contributed by atoms with Crippen LogP contribution in [0, 0.1) is 18.3 Å². The van der Waals surface area contributed by atoms with Gasteiger partial charge in [0.25, 0.3) is 0 Å². The minimum absolute atomic E-state index is 0.461. The Hall–Kier alpha value is -1.33. The zero-order valence-corrected chi connectivity index (χ0v) is 8.38. The molecule has 2 rings (SSSR count). The van der Waals surface area contributed by atoms with E-state index >= 15 is 0 Å². The highest BCUT2D eigenvalue weighted by atomic mass is 14.9. The molecule has 0 amide bonds. The van der Waals surface area contributed by atoms with E-state index in [1.54, 1.807) is 0 Å². The summed E-state index contributed by atoms with van der Waals surface area (Å²) in [5.74, 6) is 0. The van der Waals surface area contributed by atoms with Crippen LogP contribution >= 0.6 is 0 Å². The molecule has 0 aromatic heterocycles. The summed E-state index contributed by atoms with van der Waals surface area (Å²) in [5.41, 5.74) is 3.34. The van der Waals surface area contributed by atoms with Crippen molar-refractivity contribution in [1.29, 1.82) is 5.26 Å². The standard InChI is InChI=1S/C12H14N2/c1-9-4-5-10(8-13)7-11(9)12-3-2-6-14-12/h4-5,7,12,14H,2-3,6H2,1H3/t12-/m1/s1. The van der Waals surface area contributed by atoms with Crippen molar-refractivity contribution in [3.05, 3.63) is 34.9 Å². The maximum atomic E-state index is 8.83. The van der Waals surface area contributed by atoms with Crippen LogP contribution in [0.2, 0.25) is 0 Å². The lowest BCUT2D eigenvalue weighted by molar-refractivity contribution is 0.643. The molecule has 1 fully saturated rings. The maximum absolute atomic E-state index is 8.83. The lowest BCUT2D eigenvalue weighted by atomic mass is 9.98. The number of aryl methyl sites for hydroxylation is 1. The minimum atomic E-state index is 0.461. The quantitative estimate of drug-likeness (QED) is 0.730. The van der Waals surface area contributed by atoms with Gasteiger partial charge in [-0.3, -0.25) is 0 Å². The van der Waals surface area contributed by atoms with Crippen LogP contribution in [-0.2, 0) is 0 Å². The molecular weight excluding hydrogens is 172 g/mol. The molecule has 1 aromatic rings. The van der Waals surface area contributed by atoms with Crippen LogP contribution in [0.5, 0.6) is 0 Å². The van der Waals surface area contributed by atoms with E-state index < -0.39 is 0 Å². The summed E-state index contributed by atoms with van der Waals surface area (Å²) < 4.78 is 0. The van der Waals surface area contributed by atoms with Gasteiger partial charge >= 0.3 is 0 Å². The smallest absolute Gasteiger partial charge is 0.0991 e. The lowest BCUT2D eigenvalue weighted by Gasteiger charge is -2.13. The van der Waals surface area contributed by atoms with Gasteiger partial charge in [0.15, 0.2) is 0 Å². The summed E-state index contributed by atoms with van der Waals surface area (Å²) in [4.78, 5) is 0. The van der Waals surface area contributed by atoms with Crippen molar-refractivity contribution in [3.8, 4) is 6.07 Å². The molecule has 1 saturated heterocycles. The molecule has 0 aliphatic carbocycles. The Morgan fingerprint density at radius 3 is 3.00 bits per heavy atom. The van der Waals surface area contributed by atoms with Gasteiger partial charge < -0.3 is 5.32 Å². The van der Waals surface area contributed by atoms with E-state index in [0.29, 0.717) is 6.04 Å². The first-order valence-electron chi connectivity index (χ1n) is 5.05. The number of benzene rings is 1. The van der Waals surface area contributed by atoms with Crippen LogP contribution in [0.3, 0.4) is 0 Å². The zero-order valence-electron chi connectivity index (χ0n) is 8.38. The number of hydrogen-bond acceptors (Lipinski definition) is 2. The molecule has 0 unspecified atom stereocenters. The Morgan fingerprint density at radius 1 is 1.50 bits per heavy atom. The van der Waals surface area contributed by atoms with Crippen LogP contribution in [0.15, 0.2) is 18.2 Å². The Kier molecular flexibility index (Phi) is 2.51. The molecule has 2 nitrogen and oxygen atoms in total. The number of hydrogen-bond donors (Lipinski definition) is 1. The van der Waals surface area contributed by atoms with Gasteiger partial charge in [-0.2, -0.15) is 5.26 Å².